The SMILES string of the molecule is CN(Cc1ccco1)C(=O)CNC(=O)c1cccc(Cl)c1. The second-order valence-corrected chi connectivity index (χ2v) is 4.96. The first kappa shape index (κ1) is 15.1. The summed E-state index contributed by atoms with van der Waals surface area (Å²) in [6, 6.07) is 10.1. The number of hydrogen-bond acceptors (Lipinski definition) is 3. The van der Waals surface area contributed by atoms with Crippen LogP contribution in [0, 0.1) is 0 Å². The molecule has 1 N–H and O–H groups in total. The number of likely N-dealkylation sites (N-methyl/N-ethyl adjacent to an activating group) is 1. The number of furan rings is 1. The van der Waals surface area contributed by atoms with E-state index in [-0.39, 0.29) is 18.4 Å². The molecule has 1 aromatic heterocycles. The normalized spacial score (nSPS) is 10.2. The van der Waals surface area contributed by atoms with E-state index in [1.165, 1.54) is 4.90 Å². The van der Waals surface area contributed by atoms with E-state index in [1.807, 2.05) is 0 Å². The van der Waals surface area contributed by atoms with E-state index >= 15 is 0 Å². The molecule has 0 spiro atoms. The van der Waals surface area contributed by atoms with Crippen molar-refractivity contribution in [3.05, 3.63) is 59.0 Å². The summed E-state index contributed by atoms with van der Waals surface area (Å²) in [5, 5.41) is 3.04. The van der Waals surface area contributed by atoms with E-state index in [4.69, 9.17) is 16.0 Å². The van der Waals surface area contributed by atoms with Crippen LogP contribution in [0.25, 0.3) is 0 Å². The van der Waals surface area contributed by atoms with E-state index in [9.17, 15) is 9.59 Å². The van der Waals surface area contributed by atoms with E-state index < -0.39 is 0 Å². The molecule has 0 bridgehead atoms. The molecule has 110 valence electrons. The fourth-order valence-corrected chi connectivity index (χ4v) is 1.94. The van der Waals surface area contributed by atoms with Crippen LogP contribution in [-0.2, 0) is 11.3 Å². The van der Waals surface area contributed by atoms with Gasteiger partial charge >= 0.3 is 0 Å². The van der Waals surface area contributed by atoms with Gasteiger partial charge in [-0.2, -0.15) is 0 Å². The van der Waals surface area contributed by atoms with Crippen LogP contribution in [0.2, 0.25) is 5.02 Å². The lowest BCUT2D eigenvalue weighted by Crippen LogP contribution is -2.37. The Morgan fingerprint density at radius 2 is 2.10 bits per heavy atom. The number of nitrogens with zero attached hydrogens (tertiary/aromatic N) is 1. The Labute approximate surface area is 127 Å². The lowest BCUT2D eigenvalue weighted by atomic mass is 10.2. The van der Waals surface area contributed by atoms with Crippen molar-refractivity contribution in [2.24, 2.45) is 0 Å². The van der Waals surface area contributed by atoms with Crippen molar-refractivity contribution in [2.75, 3.05) is 13.6 Å². The van der Waals surface area contributed by atoms with Gasteiger partial charge in [0.15, 0.2) is 0 Å². The van der Waals surface area contributed by atoms with Gasteiger partial charge in [-0.25, -0.2) is 0 Å². The third-order valence-electron chi connectivity index (χ3n) is 2.89. The van der Waals surface area contributed by atoms with Gasteiger partial charge in [0.05, 0.1) is 19.4 Å². The first-order valence-corrected chi connectivity index (χ1v) is 6.74. The average molecular weight is 307 g/mol. The molecule has 2 amide bonds. The number of carbonyl (C=O) groups is 2. The van der Waals surface area contributed by atoms with Gasteiger partial charge < -0.3 is 14.6 Å². The van der Waals surface area contributed by atoms with Crippen LogP contribution in [0.4, 0.5) is 0 Å². The molecular weight excluding hydrogens is 292 g/mol. The largest absolute Gasteiger partial charge is 0.467 e. The topological polar surface area (TPSA) is 62.6 Å². The van der Waals surface area contributed by atoms with Gasteiger partial charge in [-0.05, 0) is 30.3 Å². The number of hydrogen-bond donors (Lipinski definition) is 1. The molecule has 1 heterocycles. The maximum Gasteiger partial charge on any atom is 0.251 e. The van der Waals surface area contributed by atoms with Gasteiger partial charge in [0, 0.05) is 17.6 Å². The molecule has 0 aliphatic carbocycles. The predicted octanol–water partition coefficient (Wildman–Crippen LogP) is 2.32. The highest BCUT2D eigenvalue weighted by Gasteiger charge is 2.13. The third kappa shape index (κ3) is 4.36. The number of nitrogens with one attached hydrogen (secondary N) is 1. The highest BCUT2D eigenvalue weighted by molar-refractivity contribution is 6.30. The second-order valence-electron chi connectivity index (χ2n) is 4.52. The van der Waals surface area contributed by atoms with Gasteiger partial charge in [0.25, 0.3) is 5.91 Å². The smallest absolute Gasteiger partial charge is 0.251 e. The summed E-state index contributed by atoms with van der Waals surface area (Å²) in [6.07, 6.45) is 1.55. The molecular formula is C15H15ClN2O3. The highest BCUT2D eigenvalue weighted by atomic mass is 35.5. The van der Waals surface area contributed by atoms with Crippen LogP contribution >= 0.6 is 11.6 Å². The second kappa shape index (κ2) is 6.95. The first-order valence-electron chi connectivity index (χ1n) is 6.36. The Hall–Kier alpha value is -2.27. The quantitative estimate of drug-likeness (QED) is 0.922. The van der Waals surface area contributed by atoms with Crippen molar-refractivity contribution in [2.45, 2.75) is 6.54 Å². The third-order valence-corrected chi connectivity index (χ3v) is 3.12. The monoisotopic (exact) mass is 306 g/mol. The van der Waals surface area contributed by atoms with Gasteiger partial charge in [0.2, 0.25) is 5.91 Å². The van der Waals surface area contributed by atoms with Gasteiger partial charge in [-0.1, -0.05) is 17.7 Å². The first-order chi connectivity index (χ1) is 10.1. The molecule has 21 heavy (non-hydrogen) atoms. The van der Waals surface area contributed by atoms with Crippen molar-refractivity contribution >= 4 is 23.4 Å². The zero-order valence-corrected chi connectivity index (χ0v) is 12.3. The van der Waals surface area contributed by atoms with Crippen molar-refractivity contribution in [3.8, 4) is 0 Å². The van der Waals surface area contributed by atoms with Gasteiger partial charge in [0.1, 0.15) is 5.76 Å². The van der Waals surface area contributed by atoms with E-state index in [0.717, 1.165) is 0 Å². The van der Waals surface area contributed by atoms with Crippen LogP contribution in [0.1, 0.15) is 16.1 Å². The molecule has 0 saturated heterocycles. The Bertz CT molecular complexity index is 626. The Morgan fingerprint density at radius 1 is 1.29 bits per heavy atom. The van der Waals surface area contributed by atoms with Crippen LogP contribution in [0.5, 0.6) is 0 Å². The number of halogens is 1. The van der Waals surface area contributed by atoms with Crippen LogP contribution in [-0.4, -0.2) is 30.3 Å². The molecule has 6 heteroatoms. The molecule has 0 saturated carbocycles. The van der Waals surface area contributed by atoms with E-state index in [2.05, 4.69) is 5.32 Å². The van der Waals surface area contributed by atoms with Crippen molar-refractivity contribution in [1.82, 2.24) is 10.2 Å². The van der Waals surface area contributed by atoms with Gasteiger partial charge in [-0.15, -0.1) is 0 Å². The molecule has 2 rings (SSSR count). The number of carbonyl (C=O) groups excluding carboxylic acids is 2. The zero-order valence-electron chi connectivity index (χ0n) is 11.5. The fraction of sp³-hybridized carbons (Fsp3) is 0.200. The van der Waals surface area contributed by atoms with Crippen LogP contribution in [0.15, 0.2) is 47.1 Å². The Balaban J connectivity index is 1.84. The minimum Gasteiger partial charge on any atom is -0.467 e. The summed E-state index contributed by atoms with van der Waals surface area (Å²) in [5.41, 5.74) is 0.420. The lowest BCUT2D eigenvalue weighted by molar-refractivity contribution is -0.129. The molecule has 0 radical (unpaired) electrons. The van der Waals surface area contributed by atoms with E-state index in [0.29, 0.717) is 22.9 Å². The molecule has 5 nitrogen and oxygen atoms in total. The van der Waals surface area contributed by atoms with Crippen LogP contribution in [0.3, 0.4) is 0 Å². The summed E-state index contributed by atoms with van der Waals surface area (Å²) in [4.78, 5) is 25.3. The lowest BCUT2D eigenvalue weighted by Gasteiger charge is -2.16. The Kier molecular flexibility index (Phi) is 5.00. The van der Waals surface area contributed by atoms with Crippen molar-refractivity contribution < 1.29 is 14.0 Å². The standard InChI is InChI=1S/C15H15ClN2O3/c1-18(10-13-6-3-7-21-13)14(19)9-17-15(20)11-4-2-5-12(16)8-11/h2-8H,9-10H2,1H3,(H,17,20). The maximum absolute atomic E-state index is 11.9. The summed E-state index contributed by atoms with van der Waals surface area (Å²) >= 11 is 5.82. The molecule has 1 aromatic carbocycles. The highest BCUT2D eigenvalue weighted by Crippen LogP contribution is 2.10. The molecule has 0 atom stereocenters. The maximum atomic E-state index is 11.9. The van der Waals surface area contributed by atoms with E-state index in [1.54, 1.807) is 49.7 Å². The van der Waals surface area contributed by atoms with Crippen molar-refractivity contribution in [1.29, 1.82) is 0 Å². The number of rotatable bonds is 5. The molecule has 2 aromatic rings. The number of amides is 2. The summed E-state index contributed by atoms with van der Waals surface area (Å²) in [7, 11) is 1.65. The van der Waals surface area contributed by atoms with Crippen molar-refractivity contribution in [3.63, 3.8) is 0 Å². The fourth-order valence-electron chi connectivity index (χ4n) is 1.75. The summed E-state index contributed by atoms with van der Waals surface area (Å²) in [6.45, 7) is 0.279. The molecule has 0 unspecified atom stereocenters. The predicted molar refractivity (Wildman–Crippen MR) is 79.0 cm³/mol. The average Bonchev–Trinajstić information content (AvgIpc) is 2.97. The molecule has 0 fully saturated rings. The molecule has 0 aliphatic rings. The number of benzene rings is 1. The minimum absolute atomic E-state index is 0.0808. The summed E-state index contributed by atoms with van der Waals surface area (Å²) < 4.78 is 5.17. The van der Waals surface area contributed by atoms with Gasteiger partial charge in [-0.3, -0.25) is 9.59 Å². The summed E-state index contributed by atoms with van der Waals surface area (Å²) in [5.74, 6) is 0.144. The minimum atomic E-state index is -0.336. The Morgan fingerprint density at radius 3 is 2.76 bits per heavy atom. The van der Waals surface area contributed by atoms with Crippen LogP contribution < -0.4 is 5.32 Å². The zero-order chi connectivity index (χ0) is 15.2. The molecule has 0 aliphatic heterocycles.